The summed E-state index contributed by atoms with van der Waals surface area (Å²) in [5.41, 5.74) is 5.46. The van der Waals surface area contributed by atoms with Crippen LogP contribution in [0, 0.1) is 0 Å². The number of carbonyl (C=O) groups excluding carboxylic acids is 3. The van der Waals surface area contributed by atoms with Crippen LogP contribution in [-0.4, -0.2) is 53.8 Å². The Morgan fingerprint density at radius 1 is 1.15 bits per heavy atom. The molecule has 9 heteroatoms. The van der Waals surface area contributed by atoms with Crippen LogP contribution in [0.25, 0.3) is 0 Å². The standard InChI is InChI=1S/C11H17NO8/c1-5(13)17-4-8-9(18-6(2)14)10(19-7(3)15)11(12,16)20-8/h8-10,16H,4,12H2,1-3H3/t8-,9-,10-,11-/m1/s1. The lowest BCUT2D eigenvalue weighted by atomic mass is 10.1. The number of aliphatic hydroxyl groups is 1. The second kappa shape index (κ2) is 6.16. The monoisotopic (exact) mass is 291 g/mol. The van der Waals surface area contributed by atoms with E-state index in [4.69, 9.17) is 24.7 Å². The molecule has 0 aromatic rings. The van der Waals surface area contributed by atoms with Gasteiger partial charge in [0.25, 0.3) is 5.91 Å². The lowest BCUT2D eigenvalue weighted by Gasteiger charge is -2.25. The van der Waals surface area contributed by atoms with Crippen LogP contribution in [0.3, 0.4) is 0 Å². The Labute approximate surface area is 114 Å². The molecule has 1 saturated heterocycles. The largest absolute Gasteiger partial charge is 0.463 e. The third kappa shape index (κ3) is 4.15. The zero-order chi connectivity index (χ0) is 15.5. The summed E-state index contributed by atoms with van der Waals surface area (Å²) < 4.78 is 19.5. The summed E-state index contributed by atoms with van der Waals surface area (Å²) in [6.45, 7) is 3.08. The predicted octanol–water partition coefficient (Wildman–Crippen LogP) is -1.58. The van der Waals surface area contributed by atoms with Crippen LogP contribution in [-0.2, 0) is 33.3 Å². The topological polar surface area (TPSA) is 134 Å². The maximum Gasteiger partial charge on any atom is 0.303 e. The van der Waals surface area contributed by atoms with Gasteiger partial charge >= 0.3 is 17.9 Å². The lowest BCUT2D eigenvalue weighted by molar-refractivity contribution is -0.235. The Morgan fingerprint density at radius 3 is 2.15 bits per heavy atom. The molecule has 0 radical (unpaired) electrons. The third-order valence-electron chi connectivity index (χ3n) is 2.46. The van der Waals surface area contributed by atoms with Gasteiger partial charge in [-0.05, 0) is 0 Å². The number of carbonyl (C=O) groups is 3. The minimum absolute atomic E-state index is 0.315. The zero-order valence-corrected chi connectivity index (χ0v) is 11.3. The van der Waals surface area contributed by atoms with E-state index in [1.165, 1.54) is 6.92 Å². The first-order valence-corrected chi connectivity index (χ1v) is 5.80. The molecule has 1 heterocycles. The van der Waals surface area contributed by atoms with Crippen molar-refractivity contribution in [2.45, 2.75) is 45.0 Å². The number of hydrogen-bond acceptors (Lipinski definition) is 9. The average Bonchev–Trinajstić information content (AvgIpc) is 2.48. The van der Waals surface area contributed by atoms with E-state index in [-0.39, 0.29) is 6.61 Å². The van der Waals surface area contributed by atoms with E-state index < -0.39 is 42.1 Å². The van der Waals surface area contributed by atoms with Crippen molar-refractivity contribution < 1.29 is 38.4 Å². The van der Waals surface area contributed by atoms with Crippen molar-refractivity contribution in [2.75, 3.05) is 6.61 Å². The fourth-order valence-corrected chi connectivity index (χ4v) is 1.79. The highest BCUT2D eigenvalue weighted by Gasteiger charge is 2.57. The first-order valence-electron chi connectivity index (χ1n) is 5.80. The highest BCUT2D eigenvalue weighted by Crippen LogP contribution is 2.30. The molecule has 9 nitrogen and oxygen atoms in total. The molecule has 0 aromatic heterocycles. The Balaban J connectivity index is 2.90. The summed E-state index contributed by atoms with van der Waals surface area (Å²) in [5.74, 6) is -4.38. The average molecular weight is 291 g/mol. The van der Waals surface area contributed by atoms with Gasteiger partial charge < -0.3 is 24.1 Å². The normalized spacial score (nSPS) is 32.5. The van der Waals surface area contributed by atoms with Crippen molar-refractivity contribution in [3.05, 3.63) is 0 Å². The van der Waals surface area contributed by atoms with Gasteiger partial charge in [-0.1, -0.05) is 0 Å². The highest BCUT2D eigenvalue weighted by atomic mass is 16.7. The van der Waals surface area contributed by atoms with Crippen LogP contribution in [0.15, 0.2) is 0 Å². The quantitative estimate of drug-likeness (QED) is 0.357. The van der Waals surface area contributed by atoms with Crippen molar-refractivity contribution in [1.82, 2.24) is 0 Å². The van der Waals surface area contributed by atoms with Crippen molar-refractivity contribution in [3.63, 3.8) is 0 Å². The number of rotatable bonds is 4. The van der Waals surface area contributed by atoms with Crippen LogP contribution in [0.5, 0.6) is 0 Å². The number of nitrogens with two attached hydrogens (primary N) is 1. The van der Waals surface area contributed by atoms with Crippen LogP contribution in [0.2, 0.25) is 0 Å². The Bertz CT molecular complexity index is 407. The molecule has 1 rings (SSSR count). The molecular formula is C11H17NO8. The number of hydrogen-bond donors (Lipinski definition) is 2. The van der Waals surface area contributed by atoms with E-state index in [2.05, 4.69) is 0 Å². The first-order chi connectivity index (χ1) is 9.13. The van der Waals surface area contributed by atoms with Crippen LogP contribution < -0.4 is 5.73 Å². The third-order valence-corrected chi connectivity index (χ3v) is 2.46. The molecule has 20 heavy (non-hydrogen) atoms. The van der Waals surface area contributed by atoms with Gasteiger partial charge in [0.2, 0.25) is 6.10 Å². The van der Waals surface area contributed by atoms with E-state index in [9.17, 15) is 19.5 Å². The van der Waals surface area contributed by atoms with Gasteiger partial charge in [0.15, 0.2) is 6.10 Å². The Hall–Kier alpha value is -1.71. The van der Waals surface area contributed by atoms with Gasteiger partial charge in [0.1, 0.15) is 12.7 Å². The second-order valence-electron chi connectivity index (χ2n) is 4.31. The number of esters is 3. The molecule has 0 amide bonds. The van der Waals surface area contributed by atoms with Crippen molar-refractivity contribution >= 4 is 17.9 Å². The molecule has 0 aromatic carbocycles. The highest BCUT2D eigenvalue weighted by molar-refractivity contribution is 5.68. The molecule has 0 spiro atoms. The summed E-state index contributed by atoms with van der Waals surface area (Å²) in [7, 11) is 0. The van der Waals surface area contributed by atoms with E-state index >= 15 is 0 Å². The molecule has 1 aliphatic rings. The fourth-order valence-electron chi connectivity index (χ4n) is 1.79. The fraction of sp³-hybridized carbons (Fsp3) is 0.727. The van der Waals surface area contributed by atoms with Crippen molar-refractivity contribution in [3.8, 4) is 0 Å². The SMILES string of the molecule is CC(=O)OC[C@H]1O[C@](N)(O)[C@H](OC(C)=O)[C@@H]1OC(C)=O. The van der Waals surface area contributed by atoms with Crippen molar-refractivity contribution in [2.24, 2.45) is 5.73 Å². The molecule has 0 saturated carbocycles. The first kappa shape index (κ1) is 16.3. The smallest absolute Gasteiger partial charge is 0.303 e. The van der Waals surface area contributed by atoms with Crippen molar-refractivity contribution in [1.29, 1.82) is 0 Å². The van der Waals surface area contributed by atoms with E-state index in [1.54, 1.807) is 0 Å². The minimum atomic E-state index is -2.35. The number of ether oxygens (including phenoxy) is 4. The maximum atomic E-state index is 11.1. The van der Waals surface area contributed by atoms with Gasteiger partial charge in [-0.3, -0.25) is 20.1 Å². The molecule has 1 aliphatic heterocycles. The Kier molecular flexibility index (Phi) is 5.03. The van der Waals surface area contributed by atoms with E-state index in [0.717, 1.165) is 13.8 Å². The van der Waals surface area contributed by atoms with Gasteiger partial charge in [-0.15, -0.1) is 0 Å². The van der Waals surface area contributed by atoms with Gasteiger partial charge in [0.05, 0.1) is 0 Å². The summed E-state index contributed by atoms with van der Waals surface area (Å²) in [5, 5.41) is 9.87. The molecule has 3 N–H and O–H groups in total. The Morgan fingerprint density at radius 2 is 1.70 bits per heavy atom. The lowest BCUT2D eigenvalue weighted by Crippen LogP contribution is -2.53. The van der Waals surface area contributed by atoms with Gasteiger partial charge in [-0.2, -0.15) is 0 Å². The summed E-state index contributed by atoms with van der Waals surface area (Å²) in [4.78, 5) is 32.9. The maximum absolute atomic E-state index is 11.1. The van der Waals surface area contributed by atoms with Crippen LogP contribution in [0.4, 0.5) is 0 Å². The van der Waals surface area contributed by atoms with Gasteiger partial charge in [-0.25, -0.2) is 0 Å². The van der Waals surface area contributed by atoms with E-state index in [0.29, 0.717) is 0 Å². The molecule has 0 bridgehead atoms. The predicted molar refractivity (Wildman–Crippen MR) is 61.8 cm³/mol. The molecule has 1 fully saturated rings. The summed E-state index contributed by atoms with van der Waals surface area (Å²) in [6.07, 6.45) is -3.67. The summed E-state index contributed by atoms with van der Waals surface area (Å²) >= 11 is 0. The molecule has 0 aliphatic carbocycles. The molecule has 4 atom stereocenters. The van der Waals surface area contributed by atoms with Gasteiger partial charge in [0, 0.05) is 20.8 Å². The van der Waals surface area contributed by atoms with E-state index in [1.807, 2.05) is 0 Å². The molecule has 114 valence electrons. The van der Waals surface area contributed by atoms with Crippen LogP contribution in [0.1, 0.15) is 20.8 Å². The zero-order valence-electron chi connectivity index (χ0n) is 11.3. The summed E-state index contributed by atoms with van der Waals surface area (Å²) in [6, 6.07) is 0. The second-order valence-corrected chi connectivity index (χ2v) is 4.31. The minimum Gasteiger partial charge on any atom is -0.463 e. The van der Waals surface area contributed by atoms with Crippen LogP contribution >= 0.6 is 0 Å². The molecule has 0 unspecified atom stereocenters. The molecular weight excluding hydrogens is 274 g/mol.